The zero-order chi connectivity index (χ0) is 27.1. The van der Waals surface area contributed by atoms with Gasteiger partial charge < -0.3 is 14.5 Å². The van der Waals surface area contributed by atoms with Crippen molar-refractivity contribution in [3.05, 3.63) is 29.6 Å². The second kappa shape index (κ2) is 10.5. The summed E-state index contributed by atoms with van der Waals surface area (Å²) in [5.74, 6) is -0.843. The molecule has 0 radical (unpaired) electrons. The summed E-state index contributed by atoms with van der Waals surface area (Å²) in [7, 11) is 0. The van der Waals surface area contributed by atoms with Gasteiger partial charge in [0.05, 0.1) is 11.6 Å². The van der Waals surface area contributed by atoms with Gasteiger partial charge in [0, 0.05) is 57.6 Å². The standard InChI is InChI=1S/C29H41FN4O4/c1-28(2,3)38-27(37)34-18-29(19-34)11-5-4-6-21(29)17-32-12-14-33(15-13-32)24-9-7-20(16-23(24)30)22-8-10-25(35)31-26(22)36/h7,9,16,21-22H,4-6,8,10-15,17-19H2,1-3H3,(H,31,35,36). The maximum atomic E-state index is 15.1. The number of rotatable bonds is 4. The third kappa shape index (κ3) is 5.67. The Kier molecular flexibility index (Phi) is 7.42. The number of amides is 3. The van der Waals surface area contributed by atoms with Crippen molar-refractivity contribution in [2.24, 2.45) is 11.3 Å². The van der Waals surface area contributed by atoms with Crippen molar-refractivity contribution in [2.75, 3.05) is 50.7 Å². The minimum absolute atomic E-state index is 0.199. The molecule has 8 nitrogen and oxygen atoms in total. The fourth-order valence-electron chi connectivity index (χ4n) is 6.74. The number of ether oxygens (including phenoxy) is 1. The van der Waals surface area contributed by atoms with Crippen LogP contribution in [0, 0.1) is 17.2 Å². The number of nitrogens with one attached hydrogen (secondary N) is 1. The molecule has 2 atom stereocenters. The summed E-state index contributed by atoms with van der Waals surface area (Å²) in [5, 5.41) is 2.35. The van der Waals surface area contributed by atoms with Crippen molar-refractivity contribution in [1.82, 2.24) is 15.1 Å². The summed E-state index contributed by atoms with van der Waals surface area (Å²) in [4.78, 5) is 42.6. The molecule has 0 bridgehead atoms. The number of hydrogen-bond acceptors (Lipinski definition) is 6. The maximum Gasteiger partial charge on any atom is 0.410 e. The molecule has 5 rings (SSSR count). The van der Waals surface area contributed by atoms with Crippen LogP contribution in [0.2, 0.25) is 0 Å². The van der Waals surface area contributed by atoms with Crippen LogP contribution in [0.25, 0.3) is 0 Å². The van der Waals surface area contributed by atoms with Crippen LogP contribution >= 0.6 is 0 Å². The van der Waals surface area contributed by atoms with E-state index in [4.69, 9.17) is 4.74 Å². The van der Waals surface area contributed by atoms with Gasteiger partial charge in [-0.1, -0.05) is 18.9 Å². The Morgan fingerprint density at radius 2 is 1.84 bits per heavy atom. The van der Waals surface area contributed by atoms with Gasteiger partial charge in [0.2, 0.25) is 11.8 Å². The molecule has 1 aromatic carbocycles. The first-order chi connectivity index (χ1) is 18.0. The highest BCUT2D eigenvalue weighted by Gasteiger charge is 2.52. The van der Waals surface area contributed by atoms with Crippen molar-refractivity contribution < 1.29 is 23.5 Å². The summed E-state index contributed by atoms with van der Waals surface area (Å²) < 4.78 is 20.7. The molecule has 3 amide bonds. The number of nitrogens with zero attached hydrogens (tertiary/aromatic N) is 3. The number of imide groups is 1. The number of piperidine rings is 1. The molecule has 3 aliphatic heterocycles. The summed E-state index contributed by atoms with van der Waals surface area (Å²) in [6.07, 6.45) is 5.32. The van der Waals surface area contributed by atoms with Crippen LogP contribution in [-0.4, -0.2) is 79.1 Å². The topological polar surface area (TPSA) is 82.2 Å². The number of hydrogen-bond donors (Lipinski definition) is 1. The molecule has 3 saturated heterocycles. The monoisotopic (exact) mass is 528 g/mol. The molecule has 1 aliphatic carbocycles. The highest BCUT2D eigenvalue weighted by atomic mass is 19.1. The van der Waals surface area contributed by atoms with Gasteiger partial charge in [-0.3, -0.25) is 19.8 Å². The molecule has 208 valence electrons. The Bertz CT molecular complexity index is 1070. The van der Waals surface area contributed by atoms with Crippen molar-refractivity contribution in [2.45, 2.75) is 70.8 Å². The maximum absolute atomic E-state index is 15.1. The minimum atomic E-state index is -0.478. The van der Waals surface area contributed by atoms with Crippen LogP contribution in [-0.2, 0) is 14.3 Å². The van der Waals surface area contributed by atoms with E-state index >= 15 is 4.39 Å². The van der Waals surface area contributed by atoms with E-state index in [1.807, 2.05) is 31.7 Å². The van der Waals surface area contributed by atoms with Crippen LogP contribution < -0.4 is 10.2 Å². The van der Waals surface area contributed by atoms with E-state index in [9.17, 15) is 14.4 Å². The van der Waals surface area contributed by atoms with Crippen LogP contribution in [0.4, 0.5) is 14.9 Å². The summed E-state index contributed by atoms with van der Waals surface area (Å²) in [5.41, 5.74) is 0.917. The third-order valence-electron chi connectivity index (χ3n) is 8.81. The van der Waals surface area contributed by atoms with Gasteiger partial charge in [0.1, 0.15) is 11.4 Å². The lowest BCUT2D eigenvalue weighted by atomic mass is 9.61. The molecule has 1 saturated carbocycles. The molecule has 38 heavy (non-hydrogen) atoms. The van der Waals surface area contributed by atoms with Crippen LogP contribution in [0.3, 0.4) is 0 Å². The average Bonchev–Trinajstić information content (AvgIpc) is 2.82. The van der Waals surface area contributed by atoms with Gasteiger partial charge >= 0.3 is 6.09 Å². The van der Waals surface area contributed by atoms with Gasteiger partial charge in [0.25, 0.3) is 0 Å². The van der Waals surface area contributed by atoms with Gasteiger partial charge in [0.15, 0.2) is 0 Å². The zero-order valence-corrected chi connectivity index (χ0v) is 22.9. The van der Waals surface area contributed by atoms with E-state index in [2.05, 4.69) is 15.1 Å². The highest BCUT2D eigenvalue weighted by Crippen LogP contribution is 2.48. The normalized spacial score (nSPS) is 26.2. The molecule has 9 heteroatoms. The number of likely N-dealkylation sites (tertiary alicyclic amines) is 1. The first kappa shape index (κ1) is 26.9. The Hall–Kier alpha value is -2.68. The van der Waals surface area contributed by atoms with Crippen LogP contribution in [0.5, 0.6) is 0 Å². The Balaban J connectivity index is 1.15. The van der Waals surface area contributed by atoms with Crippen molar-refractivity contribution in [1.29, 1.82) is 0 Å². The molecule has 1 spiro atoms. The van der Waals surface area contributed by atoms with Gasteiger partial charge in [-0.15, -0.1) is 0 Å². The zero-order valence-electron chi connectivity index (χ0n) is 22.9. The van der Waals surface area contributed by atoms with E-state index in [0.717, 1.165) is 45.8 Å². The van der Waals surface area contributed by atoms with Gasteiger partial charge in [-0.05, 0) is 63.6 Å². The number of piperazine rings is 1. The molecule has 0 aromatic heterocycles. The first-order valence-corrected chi connectivity index (χ1v) is 14.1. The van der Waals surface area contributed by atoms with Crippen molar-refractivity contribution in [3.63, 3.8) is 0 Å². The predicted molar refractivity (Wildman–Crippen MR) is 142 cm³/mol. The SMILES string of the molecule is CC(C)(C)OC(=O)N1CC2(CCCCC2CN2CCN(c3ccc(C4CCC(=O)NC4=O)cc3F)CC2)C1. The van der Waals surface area contributed by atoms with E-state index in [-0.39, 0.29) is 35.6 Å². The quantitative estimate of drug-likeness (QED) is 0.597. The first-order valence-electron chi connectivity index (χ1n) is 14.1. The van der Waals surface area contributed by atoms with Crippen molar-refractivity contribution >= 4 is 23.6 Å². The largest absolute Gasteiger partial charge is 0.444 e. The van der Waals surface area contributed by atoms with E-state index in [1.54, 1.807) is 6.07 Å². The smallest absolute Gasteiger partial charge is 0.410 e. The summed E-state index contributed by atoms with van der Waals surface area (Å²) in [6, 6.07) is 5.06. The van der Waals surface area contributed by atoms with E-state index in [1.165, 1.54) is 31.7 Å². The fraction of sp³-hybridized carbons (Fsp3) is 0.690. The Morgan fingerprint density at radius 3 is 2.50 bits per heavy atom. The highest BCUT2D eigenvalue weighted by molar-refractivity contribution is 6.00. The molecule has 3 heterocycles. The average molecular weight is 529 g/mol. The molecule has 1 N–H and O–H groups in total. The Labute approximate surface area is 224 Å². The lowest BCUT2D eigenvalue weighted by molar-refractivity contribution is -0.134. The Morgan fingerprint density at radius 1 is 1.11 bits per heavy atom. The van der Waals surface area contributed by atoms with Crippen LogP contribution in [0.1, 0.15) is 70.8 Å². The number of benzene rings is 1. The predicted octanol–water partition coefficient (Wildman–Crippen LogP) is 3.90. The van der Waals surface area contributed by atoms with Gasteiger partial charge in [-0.2, -0.15) is 0 Å². The summed E-state index contributed by atoms with van der Waals surface area (Å²) >= 11 is 0. The number of carbonyl (C=O) groups excluding carboxylic acids is 3. The van der Waals surface area contributed by atoms with E-state index in [0.29, 0.717) is 23.6 Å². The molecule has 4 aliphatic rings. The molecule has 2 unspecified atom stereocenters. The number of anilines is 1. The lowest BCUT2D eigenvalue weighted by Gasteiger charge is -2.57. The van der Waals surface area contributed by atoms with Gasteiger partial charge in [-0.25, -0.2) is 9.18 Å². The number of carbonyl (C=O) groups is 3. The minimum Gasteiger partial charge on any atom is -0.444 e. The van der Waals surface area contributed by atoms with E-state index < -0.39 is 11.5 Å². The number of halogens is 1. The second-order valence-corrected chi connectivity index (χ2v) is 12.6. The fourth-order valence-corrected chi connectivity index (χ4v) is 6.74. The summed E-state index contributed by atoms with van der Waals surface area (Å²) in [6.45, 7) is 11.6. The van der Waals surface area contributed by atoms with Crippen molar-refractivity contribution in [3.8, 4) is 0 Å². The molecule has 4 fully saturated rings. The second-order valence-electron chi connectivity index (χ2n) is 12.6. The lowest BCUT2D eigenvalue weighted by Crippen LogP contribution is -2.64. The molecular weight excluding hydrogens is 487 g/mol. The van der Waals surface area contributed by atoms with Crippen LogP contribution in [0.15, 0.2) is 18.2 Å². The third-order valence-corrected chi connectivity index (χ3v) is 8.81. The molecule has 1 aromatic rings. The molecular formula is C29H41FN4O4.